The standard InChI is InChI=1S/C25H32N4O4S/c1-4-28(5-2)14-15-29-13-12-18-16-21(9-10-22(18)29)26-25(30)19-6-11-23(33-3)24(17-19)34(31,32)27-20-7-8-20/h6,9-13,16-17,20,27H,4-5,7-8,14-15H2,1-3H3,(H,26,30). The second-order valence-corrected chi connectivity index (χ2v) is 10.2. The Morgan fingerprint density at radius 3 is 2.56 bits per heavy atom. The van der Waals surface area contributed by atoms with Crippen LogP contribution in [0.25, 0.3) is 10.9 Å². The molecule has 0 spiro atoms. The zero-order chi connectivity index (χ0) is 24.3. The number of aromatic nitrogens is 1. The van der Waals surface area contributed by atoms with E-state index in [4.69, 9.17) is 4.74 Å². The molecule has 1 aromatic heterocycles. The molecule has 0 radical (unpaired) electrons. The van der Waals surface area contributed by atoms with Crippen LogP contribution in [0.3, 0.4) is 0 Å². The number of fused-ring (bicyclic) bond motifs is 1. The number of sulfonamides is 1. The average molecular weight is 485 g/mol. The number of hydrogen-bond donors (Lipinski definition) is 2. The van der Waals surface area contributed by atoms with Crippen molar-refractivity contribution in [3.63, 3.8) is 0 Å². The van der Waals surface area contributed by atoms with Gasteiger partial charge in [-0.25, -0.2) is 13.1 Å². The minimum Gasteiger partial charge on any atom is -0.495 e. The molecule has 3 aromatic rings. The number of methoxy groups -OCH3 is 1. The molecule has 0 aliphatic heterocycles. The fraction of sp³-hybridized carbons (Fsp3) is 0.400. The Morgan fingerprint density at radius 1 is 1.12 bits per heavy atom. The topological polar surface area (TPSA) is 92.7 Å². The predicted molar refractivity (Wildman–Crippen MR) is 134 cm³/mol. The second kappa shape index (κ2) is 10.2. The number of rotatable bonds is 11. The number of carbonyl (C=O) groups excluding carboxylic acids is 1. The summed E-state index contributed by atoms with van der Waals surface area (Å²) < 4.78 is 35.6. The number of ether oxygens (including phenoxy) is 1. The lowest BCUT2D eigenvalue weighted by molar-refractivity contribution is 0.102. The van der Waals surface area contributed by atoms with Crippen LogP contribution in [0.15, 0.2) is 53.6 Å². The van der Waals surface area contributed by atoms with E-state index < -0.39 is 10.0 Å². The first-order valence-corrected chi connectivity index (χ1v) is 13.2. The first kappa shape index (κ1) is 24.3. The van der Waals surface area contributed by atoms with E-state index in [-0.39, 0.29) is 28.2 Å². The van der Waals surface area contributed by atoms with Gasteiger partial charge in [-0.05, 0) is 68.4 Å². The molecule has 1 aliphatic rings. The zero-order valence-electron chi connectivity index (χ0n) is 19.9. The van der Waals surface area contributed by atoms with Gasteiger partial charge in [-0.3, -0.25) is 4.79 Å². The van der Waals surface area contributed by atoms with Crippen LogP contribution in [0, 0.1) is 0 Å². The molecule has 9 heteroatoms. The van der Waals surface area contributed by atoms with E-state index in [0.717, 1.165) is 49.9 Å². The molecule has 1 aliphatic carbocycles. The highest BCUT2D eigenvalue weighted by molar-refractivity contribution is 7.89. The SMILES string of the molecule is CCN(CC)CCn1ccc2cc(NC(=O)c3ccc(OC)c(S(=O)(=O)NC4CC4)c3)ccc21. The summed E-state index contributed by atoms with van der Waals surface area (Å²) in [6, 6.07) is 12.2. The van der Waals surface area contributed by atoms with Crippen LogP contribution in [0.2, 0.25) is 0 Å². The van der Waals surface area contributed by atoms with E-state index in [2.05, 4.69) is 39.6 Å². The monoisotopic (exact) mass is 484 g/mol. The molecular weight excluding hydrogens is 452 g/mol. The van der Waals surface area contributed by atoms with Gasteiger partial charge in [-0.1, -0.05) is 13.8 Å². The third-order valence-electron chi connectivity index (χ3n) is 6.19. The van der Waals surface area contributed by atoms with Crippen molar-refractivity contribution in [3.05, 3.63) is 54.2 Å². The van der Waals surface area contributed by atoms with Gasteiger partial charge < -0.3 is 19.5 Å². The zero-order valence-corrected chi connectivity index (χ0v) is 20.7. The third kappa shape index (κ3) is 5.43. The molecule has 0 bridgehead atoms. The summed E-state index contributed by atoms with van der Waals surface area (Å²) in [5.74, 6) is -0.178. The Kier molecular flexibility index (Phi) is 7.25. The minimum absolute atomic E-state index is 0.0321. The number of carbonyl (C=O) groups is 1. The van der Waals surface area contributed by atoms with Crippen molar-refractivity contribution in [1.82, 2.24) is 14.2 Å². The summed E-state index contributed by atoms with van der Waals surface area (Å²) >= 11 is 0. The van der Waals surface area contributed by atoms with Gasteiger partial charge in [0.15, 0.2) is 0 Å². The van der Waals surface area contributed by atoms with Crippen LogP contribution >= 0.6 is 0 Å². The number of amides is 1. The Hall–Kier alpha value is -2.88. The Bertz CT molecular complexity index is 1280. The predicted octanol–water partition coefficient (Wildman–Crippen LogP) is 3.68. The van der Waals surface area contributed by atoms with Gasteiger partial charge in [0.05, 0.1) is 7.11 Å². The fourth-order valence-corrected chi connectivity index (χ4v) is 5.48. The fourth-order valence-electron chi connectivity index (χ4n) is 3.98. The van der Waals surface area contributed by atoms with Gasteiger partial charge in [0.1, 0.15) is 10.6 Å². The van der Waals surface area contributed by atoms with Crippen LogP contribution < -0.4 is 14.8 Å². The van der Waals surface area contributed by atoms with Gasteiger partial charge in [0.25, 0.3) is 5.91 Å². The number of hydrogen-bond acceptors (Lipinski definition) is 5. The Balaban J connectivity index is 1.51. The highest BCUT2D eigenvalue weighted by atomic mass is 32.2. The van der Waals surface area contributed by atoms with Gasteiger partial charge in [-0.15, -0.1) is 0 Å². The van der Waals surface area contributed by atoms with E-state index >= 15 is 0 Å². The minimum atomic E-state index is -3.77. The maximum Gasteiger partial charge on any atom is 0.255 e. The lowest BCUT2D eigenvalue weighted by Crippen LogP contribution is -2.26. The maximum absolute atomic E-state index is 12.9. The van der Waals surface area contributed by atoms with Gasteiger partial charge >= 0.3 is 0 Å². The molecule has 0 atom stereocenters. The number of benzene rings is 2. The summed E-state index contributed by atoms with van der Waals surface area (Å²) in [5.41, 5.74) is 2.00. The third-order valence-corrected chi connectivity index (χ3v) is 7.74. The molecule has 1 amide bonds. The quantitative estimate of drug-likeness (QED) is 0.433. The maximum atomic E-state index is 12.9. The summed E-state index contributed by atoms with van der Waals surface area (Å²) in [7, 11) is -2.36. The molecule has 1 saturated carbocycles. The van der Waals surface area contributed by atoms with Gasteiger partial charge in [0.2, 0.25) is 10.0 Å². The lowest BCUT2D eigenvalue weighted by atomic mass is 10.2. The molecule has 2 aromatic carbocycles. The molecule has 1 heterocycles. The molecule has 0 saturated heterocycles. The van der Waals surface area contributed by atoms with Crippen molar-refractivity contribution < 1.29 is 17.9 Å². The Morgan fingerprint density at radius 2 is 1.88 bits per heavy atom. The molecule has 2 N–H and O–H groups in total. The number of nitrogens with one attached hydrogen (secondary N) is 2. The molecule has 4 rings (SSSR count). The normalized spacial score (nSPS) is 14.0. The van der Waals surface area contributed by atoms with E-state index in [9.17, 15) is 13.2 Å². The first-order valence-electron chi connectivity index (χ1n) is 11.7. The van der Waals surface area contributed by atoms with Crippen molar-refractivity contribution in [1.29, 1.82) is 0 Å². The van der Waals surface area contributed by atoms with Crippen molar-refractivity contribution in [2.75, 3.05) is 32.1 Å². The van der Waals surface area contributed by atoms with Crippen LogP contribution in [-0.2, 0) is 16.6 Å². The van der Waals surface area contributed by atoms with Crippen molar-refractivity contribution >= 4 is 32.5 Å². The number of anilines is 1. The highest BCUT2D eigenvalue weighted by Crippen LogP contribution is 2.29. The summed E-state index contributed by atoms with van der Waals surface area (Å²) in [4.78, 5) is 15.3. The van der Waals surface area contributed by atoms with Crippen molar-refractivity contribution in [2.45, 2.75) is 44.2 Å². The molecular formula is C25H32N4O4S. The molecule has 182 valence electrons. The van der Waals surface area contributed by atoms with Crippen molar-refractivity contribution in [3.8, 4) is 5.75 Å². The first-order chi connectivity index (χ1) is 16.3. The van der Waals surface area contributed by atoms with Crippen LogP contribution in [0.5, 0.6) is 5.75 Å². The van der Waals surface area contributed by atoms with E-state index in [0.29, 0.717) is 5.69 Å². The number of nitrogens with zero attached hydrogens (tertiary/aromatic N) is 2. The van der Waals surface area contributed by atoms with Crippen molar-refractivity contribution in [2.24, 2.45) is 0 Å². The molecule has 0 unspecified atom stereocenters. The highest BCUT2D eigenvalue weighted by Gasteiger charge is 2.30. The van der Waals surface area contributed by atoms with E-state index in [1.54, 1.807) is 6.07 Å². The smallest absolute Gasteiger partial charge is 0.255 e. The number of likely N-dealkylation sites (N-methyl/N-ethyl adjacent to an activating group) is 1. The van der Waals surface area contributed by atoms with Crippen LogP contribution in [0.1, 0.15) is 37.0 Å². The Labute approximate surface area is 200 Å². The van der Waals surface area contributed by atoms with E-state index in [1.165, 1.54) is 19.2 Å². The van der Waals surface area contributed by atoms with Crippen LogP contribution in [0.4, 0.5) is 5.69 Å². The average Bonchev–Trinajstić information content (AvgIpc) is 3.55. The summed E-state index contributed by atoms with van der Waals surface area (Å²) in [6.07, 6.45) is 3.70. The van der Waals surface area contributed by atoms with Gasteiger partial charge in [-0.2, -0.15) is 0 Å². The second-order valence-electron chi connectivity index (χ2n) is 8.52. The van der Waals surface area contributed by atoms with Crippen LogP contribution in [-0.4, -0.2) is 56.6 Å². The summed E-state index contributed by atoms with van der Waals surface area (Å²) in [5, 5.41) is 3.92. The largest absolute Gasteiger partial charge is 0.495 e. The molecule has 34 heavy (non-hydrogen) atoms. The van der Waals surface area contributed by atoms with Gasteiger partial charge in [0, 0.05) is 47.5 Å². The summed E-state index contributed by atoms with van der Waals surface area (Å²) in [6.45, 7) is 8.25. The lowest BCUT2D eigenvalue weighted by Gasteiger charge is -2.18. The van der Waals surface area contributed by atoms with E-state index in [1.807, 2.05) is 24.3 Å². The molecule has 1 fully saturated rings. The molecule has 8 nitrogen and oxygen atoms in total.